The van der Waals surface area contributed by atoms with Crippen molar-refractivity contribution < 1.29 is 0 Å². The van der Waals surface area contributed by atoms with Crippen LogP contribution in [0.15, 0.2) is 0 Å². The zero-order valence-electron chi connectivity index (χ0n) is 10.5. The van der Waals surface area contributed by atoms with Gasteiger partial charge in [-0.05, 0) is 13.3 Å². The second-order valence-corrected chi connectivity index (χ2v) is 3.86. The fourth-order valence-corrected chi connectivity index (χ4v) is 1.66. The third kappa shape index (κ3) is 2.61. The summed E-state index contributed by atoms with van der Waals surface area (Å²) in [5, 5.41) is 0. The van der Waals surface area contributed by atoms with Crippen LogP contribution in [0.2, 0.25) is 0 Å². The average molecular weight is 223 g/mol. The molecule has 0 bridgehead atoms. The van der Waals surface area contributed by atoms with Crippen molar-refractivity contribution in [3.8, 4) is 0 Å². The predicted molar refractivity (Wildman–Crippen MR) is 67.5 cm³/mol. The molecule has 0 aliphatic rings. The van der Waals surface area contributed by atoms with Crippen LogP contribution < -0.4 is 16.2 Å². The summed E-state index contributed by atoms with van der Waals surface area (Å²) in [5.74, 6) is 7.95. The van der Waals surface area contributed by atoms with Gasteiger partial charge in [-0.1, -0.05) is 13.8 Å². The lowest BCUT2D eigenvalue weighted by atomic mass is 10.2. The Hall–Kier alpha value is -1.36. The van der Waals surface area contributed by atoms with Crippen LogP contribution in [0.5, 0.6) is 0 Å². The maximum absolute atomic E-state index is 5.46. The van der Waals surface area contributed by atoms with Crippen LogP contribution in [0.3, 0.4) is 0 Å². The molecule has 0 fully saturated rings. The Morgan fingerprint density at radius 1 is 1.31 bits per heavy atom. The number of hydrazine groups is 1. The van der Waals surface area contributed by atoms with Crippen molar-refractivity contribution in [1.29, 1.82) is 0 Å². The maximum Gasteiger partial charge on any atom is 0.148 e. The van der Waals surface area contributed by atoms with Gasteiger partial charge in [-0.15, -0.1) is 0 Å². The zero-order chi connectivity index (χ0) is 12.1. The van der Waals surface area contributed by atoms with E-state index in [4.69, 9.17) is 5.84 Å². The molecule has 0 radical (unpaired) electrons. The quantitative estimate of drug-likeness (QED) is 0.584. The van der Waals surface area contributed by atoms with Crippen LogP contribution in [0, 0.1) is 6.92 Å². The number of anilines is 2. The highest BCUT2D eigenvalue weighted by molar-refractivity contribution is 5.57. The first-order chi connectivity index (χ1) is 7.63. The summed E-state index contributed by atoms with van der Waals surface area (Å²) in [6.07, 6.45) is 1.90. The van der Waals surface area contributed by atoms with Gasteiger partial charge in [-0.25, -0.2) is 15.8 Å². The van der Waals surface area contributed by atoms with E-state index in [9.17, 15) is 0 Å². The van der Waals surface area contributed by atoms with Gasteiger partial charge in [0.1, 0.15) is 17.5 Å². The minimum absolute atomic E-state index is 0.713. The van der Waals surface area contributed by atoms with Crippen LogP contribution in [0.25, 0.3) is 0 Å². The summed E-state index contributed by atoms with van der Waals surface area (Å²) in [7, 11) is 2.04. The molecular formula is C11H21N5. The molecule has 0 amide bonds. The van der Waals surface area contributed by atoms with Gasteiger partial charge >= 0.3 is 0 Å². The highest BCUT2D eigenvalue weighted by atomic mass is 15.3. The number of nitrogens with zero attached hydrogens (tertiary/aromatic N) is 3. The van der Waals surface area contributed by atoms with Crippen molar-refractivity contribution in [3.63, 3.8) is 0 Å². The molecule has 1 aromatic rings. The highest BCUT2D eigenvalue weighted by Gasteiger charge is 2.12. The molecule has 0 unspecified atom stereocenters. The van der Waals surface area contributed by atoms with Crippen LogP contribution in [0.4, 0.5) is 11.6 Å². The number of aryl methyl sites for hydroxylation is 1. The monoisotopic (exact) mass is 223 g/mol. The number of nitrogen functional groups attached to an aromatic ring is 1. The van der Waals surface area contributed by atoms with E-state index >= 15 is 0 Å². The zero-order valence-corrected chi connectivity index (χ0v) is 10.5. The maximum atomic E-state index is 5.46. The Labute approximate surface area is 97.0 Å². The Morgan fingerprint density at radius 2 is 2.00 bits per heavy atom. The van der Waals surface area contributed by atoms with E-state index in [1.54, 1.807) is 0 Å². The largest absolute Gasteiger partial charge is 0.359 e. The van der Waals surface area contributed by atoms with Crippen LogP contribution in [0.1, 0.15) is 31.7 Å². The molecule has 0 saturated heterocycles. The molecule has 0 saturated carbocycles. The number of nitrogens with one attached hydrogen (secondary N) is 1. The molecule has 0 spiro atoms. The highest BCUT2D eigenvalue weighted by Crippen LogP contribution is 2.22. The molecule has 16 heavy (non-hydrogen) atoms. The Kier molecular flexibility index (Phi) is 4.49. The molecule has 5 heteroatoms. The van der Waals surface area contributed by atoms with Gasteiger partial charge in [0.25, 0.3) is 0 Å². The van der Waals surface area contributed by atoms with Crippen molar-refractivity contribution in [2.45, 2.75) is 33.6 Å². The number of hydrogen-bond acceptors (Lipinski definition) is 5. The normalized spacial score (nSPS) is 10.3. The van der Waals surface area contributed by atoms with Crippen molar-refractivity contribution >= 4 is 11.6 Å². The van der Waals surface area contributed by atoms with E-state index in [0.717, 1.165) is 36.6 Å². The molecule has 5 nitrogen and oxygen atoms in total. The van der Waals surface area contributed by atoms with Gasteiger partial charge in [0, 0.05) is 25.6 Å². The minimum atomic E-state index is 0.713. The van der Waals surface area contributed by atoms with Gasteiger partial charge in [0.15, 0.2) is 0 Å². The first-order valence-corrected chi connectivity index (χ1v) is 5.69. The van der Waals surface area contributed by atoms with E-state index in [0.29, 0.717) is 5.82 Å². The summed E-state index contributed by atoms with van der Waals surface area (Å²) >= 11 is 0. The van der Waals surface area contributed by atoms with Crippen LogP contribution in [-0.4, -0.2) is 23.6 Å². The van der Waals surface area contributed by atoms with Gasteiger partial charge < -0.3 is 10.3 Å². The van der Waals surface area contributed by atoms with Crippen LogP contribution in [-0.2, 0) is 6.42 Å². The SMILES string of the molecule is CCCN(C)c1nc(CC)nc(NN)c1C. The third-order valence-corrected chi connectivity index (χ3v) is 2.54. The van der Waals surface area contributed by atoms with Gasteiger partial charge in [-0.3, -0.25) is 0 Å². The minimum Gasteiger partial charge on any atom is -0.359 e. The molecular weight excluding hydrogens is 202 g/mol. The lowest BCUT2D eigenvalue weighted by Crippen LogP contribution is -2.23. The third-order valence-electron chi connectivity index (χ3n) is 2.54. The van der Waals surface area contributed by atoms with Gasteiger partial charge in [-0.2, -0.15) is 0 Å². The Balaban J connectivity index is 3.15. The molecule has 0 aliphatic heterocycles. The molecule has 90 valence electrons. The number of aromatic nitrogens is 2. The molecule has 0 aliphatic carbocycles. The fraction of sp³-hybridized carbons (Fsp3) is 0.636. The standard InChI is InChI=1S/C11H21N5/c1-5-7-16(4)11-8(3)10(15-12)13-9(6-2)14-11/h5-7,12H2,1-4H3,(H,13,14,15). The molecule has 1 aromatic heterocycles. The first kappa shape index (κ1) is 12.7. The number of nitrogens with two attached hydrogens (primary N) is 1. The summed E-state index contributed by atoms with van der Waals surface area (Å²) in [4.78, 5) is 11.0. The Bertz CT molecular complexity index is 350. The first-order valence-electron chi connectivity index (χ1n) is 5.69. The van der Waals surface area contributed by atoms with E-state index in [1.807, 2.05) is 20.9 Å². The van der Waals surface area contributed by atoms with E-state index in [2.05, 4.69) is 27.2 Å². The summed E-state index contributed by atoms with van der Waals surface area (Å²) in [6.45, 7) is 7.14. The van der Waals surface area contributed by atoms with E-state index < -0.39 is 0 Å². The Morgan fingerprint density at radius 3 is 2.50 bits per heavy atom. The molecule has 0 atom stereocenters. The lowest BCUT2D eigenvalue weighted by Gasteiger charge is -2.21. The lowest BCUT2D eigenvalue weighted by molar-refractivity contribution is 0.814. The molecule has 3 N–H and O–H groups in total. The van der Waals surface area contributed by atoms with Crippen LogP contribution >= 0.6 is 0 Å². The molecule has 1 rings (SSSR count). The molecule has 1 heterocycles. The number of rotatable bonds is 5. The topological polar surface area (TPSA) is 67.1 Å². The second-order valence-electron chi connectivity index (χ2n) is 3.86. The summed E-state index contributed by atoms with van der Waals surface area (Å²) in [6, 6.07) is 0. The van der Waals surface area contributed by atoms with Crippen molar-refractivity contribution in [3.05, 3.63) is 11.4 Å². The summed E-state index contributed by atoms with van der Waals surface area (Å²) in [5.41, 5.74) is 3.63. The number of hydrogen-bond donors (Lipinski definition) is 2. The fourth-order valence-electron chi connectivity index (χ4n) is 1.66. The van der Waals surface area contributed by atoms with Gasteiger partial charge in [0.2, 0.25) is 0 Å². The van der Waals surface area contributed by atoms with Crippen molar-refractivity contribution in [2.24, 2.45) is 5.84 Å². The second kappa shape index (κ2) is 5.65. The molecule has 0 aromatic carbocycles. The smallest absolute Gasteiger partial charge is 0.148 e. The average Bonchev–Trinajstić information content (AvgIpc) is 2.29. The van der Waals surface area contributed by atoms with Crippen molar-refractivity contribution in [2.75, 3.05) is 23.9 Å². The summed E-state index contributed by atoms with van der Waals surface area (Å²) < 4.78 is 0. The van der Waals surface area contributed by atoms with E-state index in [1.165, 1.54) is 0 Å². The van der Waals surface area contributed by atoms with E-state index in [-0.39, 0.29) is 0 Å². The van der Waals surface area contributed by atoms with Crippen molar-refractivity contribution in [1.82, 2.24) is 9.97 Å². The predicted octanol–water partition coefficient (Wildman–Crippen LogP) is 1.48. The van der Waals surface area contributed by atoms with Gasteiger partial charge in [0.05, 0.1) is 0 Å².